The number of aliphatic hydroxyl groups is 2. The molecular formula is C10H15N2O8P. The number of hydrogen-bond donors (Lipinski definition) is 5. The molecule has 2 aliphatic rings. The van der Waals surface area contributed by atoms with Gasteiger partial charge in [0.1, 0.15) is 24.1 Å². The number of ether oxygens (including phenoxy) is 1. The fourth-order valence-corrected chi connectivity index (χ4v) is 2.33. The highest BCUT2D eigenvalue weighted by Crippen LogP contribution is 2.37. The number of amides is 1. The van der Waals surface area contributed by atoms with Crippen LogP contribution in [0.4, 0.5) is 0 Å². The molecule has 0 aromatic rings. The number of carbonyl (C=O) groups excluding carboxylic acids is 1. The molecule has 1 fully saturated rings. The minimum absolute atomic E-state index is 0.135. The zero-order valence-corrected chi connectivity index (χ0v) is 11.6. The molecule has 0 aromatic heterocycles. The second-order valence-electron chi connectivity index (χ2n) is 4.49. The maximum Gasteiger partial charge on any atom is 0.469 e. The smallest absolute Gasteiger partial charge is 0.387 e. The number of carbonyl (C=O) groups is 1. The highest BCUT2D eigenvalue weighted by atomic mass is 31.2. The lowest BCUT2D eigenvalue weighted by molar-refractivity contribution is -0.118. The Morgan fingerprint density at radius 3 is 2.67 bits per heavy atom. The van der Waals surface area contributed by atoms with E-state index in [0.717, 1.165) is 0 Å². The molecule has 0 spiro atoms. The molecule has 118 valence electrons. The summed E-state index contributed by atoms with van der Waals surface area (Å²) >= 11 is 0. The Balaban J connectivity index is 2.06. The second kappa shape index (κ2) is 5.85. The lowest BCUT2D eigenvalue weighted by atomic mass is 10.1. The lowest BCUT2D eigenvalue weighted by Crippen LogP contribution is -2.46. The summed E-state index contributed by atoms with van der Waals surface area (Å²) in [5.74, 6) is -0.263. The first-order chi connectivity index (χ1) is 9.69. The van der Waals surface area contributed by atoms with Crippen molar-refractivity contribution in [1.82, 2.24) is 10.2 Å². The van der Waals surface area contributed by atoms with Gasteiger partial charge in [-0.1, -0.05) is 6.58 Å². The van der Waals surface area contributed by atoms with Crippen LogP contribution in [0.15, 0.2) is 24.7 Å². The van der Waals surface area contributed by atoms with Crippen LogP contribution in [0.1, 0.15) is 0 Å². The van der Waals surface area contributed by atoms with Gasteiger partial charge in [0.2, 0.25) is 0 Å². The van der Waals surface area contributed by atoms with Gasteiger partial charge in [-0.25, -0.2) is 4.57 Å². The maximum atomic E-state index is 11.1. The van der Waals surface area contributed by atoms with E-state index in [-0.39, 0.29) is 5.82 Å². The van der Waals surface area contributed by atoms with E-state index in [1.165, 1.54) is 17.2 Å². The molecule has 1 saturated heterocycles. The molecule has 0 bridgehead atoms. The van der Waals surface area contributed by atoms with Crippen LogP contribution in [-0.4, -0.2) is 62.0 Å². The Morgan fingerprint density at radius 2 is 2.10 bits per heavy atom. The molecule has 0 radical (unpaired) electrons. The standard InChI is InChI=1S/C10H15N2O8P/c1-5-11-7(13)2-3-12(5)10-9(15)8(14)6(20-10)4-19-21(16,17)18/h2-3,6,8-10,14-15H,1,4H2,(H,11,13)(H2,16,17,18). The fraction of sp³-hybridized carbons (Fsp3) is 0.500. The van der Waals surface area contributed by atoms with Crippen molar-refractivity contribution in [3.05, 3.63) is 24.7 Å². The number of aliphatic hydroxyl groups excluding tert-OH is 2. The summed E-state index contributed by atoms with van der Waals surface area (Å²) in [6, 6.07) is 0. The van der Waals surface area contributed by atoms with Gasteiger partial charge < -0.3 is 35.0 Å². The molecule has 21 heavy (non-hydrogen) atoms. The third-order valence-corrected chi connectivity index (χ3v) is 3.47. The first kappa shape index (κ1) is 16.1. The third-order valence-electron chi connectivity index (χ3n) is 2.98. The van der Waals surface area contributed by atoms with Crippen LogP contribution < -0.4 is 5.32 Å². The quantitative estimate of drug-likeness (QED) is 0.369. The molecule has 0 aliphatic carbocycles. The molecule has 10 nitrogen and oxygen atoms in total. The molecule has 0 saturated carbocycles. The molecule has 5 N–H and O–H groups in total. The van der Waals surface area contributed by atoms with E-state index in [2.05, 4.69) is 16.4 Å². The zero-order chi connectivity index (χ0) is 15.8. The third kappa shape index (κ3) is 3.69. The summed E-state index contributed by atoms with van der Waals surface area (Å²) in [5, 5.41) is 22.1. The lowest BCUT2D eigenvalue weighted by Gasteiger charge is -2.32. The normalized spacial score (nSPS) is 33.4. The fourth-order valence-electron chi connectivity index (χ4n) is 1.99. The van der Waals surface area contributed by atoms with E-state index in [1.54, 1.807) is 0 Å². The van der Waals surface area contributed by atoms with Crippen molar-refractivity contribution >= 4 is 13.7 Å². The highest BCUT2D eigenvalue weighted by molar-refractivity contribution is 7.46. The van der Waals surface area contributed by atoms with Gasteiger partial charge in [-0.2, -0.15) is 0 Å². The van der Waals surface area contributed by atoms with Gasteiger partial charge in [0.05, 0.1) is 6.61 Å². The number of nitrogens with one attached hydrogen (secondary N) is 1. The molecule has 2 aliphatic heterocycles. The average Bonchev–Trinajstić information content (AvgIpc) is 2.64. The van der Waals surface area contributed by atoms with Crippen LogP contribution in [0.5, 0.6) is 0 Å². The maximum absolute atomic E-state index is 11.1. The molecule has 2 rings (SSSR count). The van der Waals surface area contributed by atoms with Gasteiger partial charge in [-0.15, -0.1) is 0 Å². The number of phosphoric acid groups is 1. The van der Waals surface area contributed by atoms with Crippen LogP contribution in [-0.2, 0) is 18.6 Å². The van der Waals surface area contributed by atoms with Crippen molar-refractivity contribution in [3.8, 4) is 0 Å². The summed E-state index contributed by atoms with van der Waals surface area (Å²) in [4.78, 5) is 29.6. The molecular weight excluding hydrogens is 307 g/mol. The molecule has 4 unspecified atom stereocenters. The van der Waals surface area contributed by atoms with E-state index in [1.807, 2.05) is 0 Å². The van der Waals surface area contributed by atoms with Gasteiger partial charge in [0.25, 0.3) is 5.91 Å². The SMILES string of the molecule is C=C1NC(=O)C=CN1C1OC(COP(=O)(O)O)C(O)C1O. The number of hydrogen-bond acceptors (Lipinski definition) is 7. The van der Waals surface area contributed by atoms with Gasteiger partial charge >= 0.3 is 7.82 Å². The topological polar surface area (TPSA) is 149 Å². The van der Waals surface area contributed by atoms with Gasteiger partial charge in [0.15, 0.2) is 6.23 Å². The molecule has 1 amide bonds. The van der Waals surface area contributed by atoms with Gasteiger partial charge in [0, 0.05) is 12.3 Å². The minimum atomic E-state index is -4.71. The van der Waals surface area contributed by atoms with Gasteiger partial charge in [-0.3, -0.25) is 9.32 Å². The summed E-state index contributed by atoms with van der Waals surface area (Å²) in [5.41, 5.74) is 0. The number of rotatable bonds is 4. The first-order valence-corrected chi connectivity index (χ1v) is 7.40. The van der Waals surface area contributed by atoms with E-state index < -0.39 is 44.9 Å². The van der Waals surface area contributed by atoms with Crippen LogP contribution in [0, 0.1) is 0 Å². The summed E-state index contributed by atoms with van der Waals surface area (Å²) in [6.07, 6.45) is -2.52. The number of phosphoric ester groups is 1. The van der Waals surface area contributed by atoms with Crippen molar-refractivity contribution in [3.63, 3.8) is 0 Å². The van der Waals surface area contributed by atoms with E-state index >= 15 is 0 Å². The highest BCUT2D eigenvalue weighted by Gasteiger charge is 2.46. The summed E-state index contributed by atoms with van der Waals surface area (Å²) < 4.78 is 20.2. The molecule has 4 atom stereocenters. The Morgan fingerprint density at radius 1 is 1.43 bits per heavy atom. The largest absolute Gasteiger partial charge is 0.469 e. The Bertz CT molecular complexity index is 517. The van der Waals surface area contributed by atoms with E-state index in [9.17, 15) is 19.6 Å². The van der Waals surface area contributed by atoms with E-state index in [4.69, 9.17) is 14.5 Å². The Hall–Kier alpha value is -1.26. The monoisotopic (exact) mass is 322 g/mol. The molecule has 0 aromatic carbocycles. The van der Waals surface area contributed by atoms with Crippen LogP contribution in [0.25, 0.3) is 0 Å². The van der Waals surface area contributed by atoms with Crippen molar-refractivity contribution in [1.29, 1.82) is 0 Å². The van der Waals surface area contributed by atoms with Crippen LogP contribution in [0.3, 0.4) is 0 Å². The predicted molar refractivity (Wildman–Crippen MR) is 66.9 cm³/mol. The Labute approximate surface area is 119 Å². The van der Waals surface area contributed by atoms with Crippen molar-refractivity contribution in [2.45, 2.75) is 24.5 Å². The van der Waals surface area contributed by atoms with Crippen LogP contribution in [0.2, 0.25) is 0 Å². The average molecular weight is 322 g/mol. The molecule has 2 heterocycles. The van der Waals surface area contributed by atoms with Crippen molar-refractivity contribution < 1.29 is 38.6 Å². The Kier molecular flexibility index (Phi) is 4.49. The van der Waals surface area contributed by atoms with Gasteiger partial charge in [-0.05, 0) is 0 Å². The summed E-state index contributed by atoms with van der Waals surface area (Å²) in [7, 11) is -4.71. The predicted octanol–water partition coefficient (Wildman–Crippen LogP) is -2.04. The molecule has 11 heteroatoms. The second-order valence-corrected chi connectivity index (χ2v) is 5.73. The van der Waals surface area contributed by atoms with Crippen molar-refractivity contribution in [2.24, 2.45) is 0 Å². The first-order valence-electron chi connectivity index (χ1n) is 5.87. The zero-order valence-electron chi connectivity index (χ0n) is 10.7. The van der Waals surface area contributed by atoms with Crippen molar-refractivity contribution in [2.75, 3.05) is 6.61 Å². The van der Waals surface area contributed by atoms with Crippen LogP contribution >= 0.6 is 7.82 Å². The minimum Gasteiger partial charge on any atom is -0.387 e. The van der Waals surface area contributed by atoms with E-state index in [0.29, 0.717) is 0 Å². The summed E-state index contributed by atoms with van der Waals surface area (Å²) in [6.45, 7) is 2.97. The number of nitrogens with zero attached hydrogens (tertiary/aromatic N) is 1.